The molecule has 0 amide bonds. The topological polar surface area (TPSA) is 115 Å². The van der Waals surface area contributed by atoms with Gasteiger partial charge in [-0.2, -0.15) is 0 Å². The molecule has 0 bridgehead atoms. The van der Waals surface area contributed by atoms with E-state index in [0.29, 0.717) is 34.8 Å². The summed E-state index contributed by atoms with van der Waals surface area (Å²) in [4.78, 5) is 14.8. The molecule has 0 spiro atoms. The molecule has 10 heteroatoms. The predicted octanol–water partition coefficient (Wildman–Crippen LogP) is 5.85. The number of hydrogen-bond donors (Lipinski definition) is 2. The average molecular weight is 624 g/mol. The number of rotatable bonds is 10. The fourth-order valence-corrected chi connectivity index (χ4v) is 7.56. The van der Waals surface area contributed by atoms with Crippen LogP contribution in [0.1, 0.15) is 70.1 Å². The molecule has 0 saturated carbocycles. The SMILES string of the molecule is CC(CO[SiH2]c1cccc(C(C)(C)C)c1C(C)(C)C)Oc1cc(Oc2ccc(S(C)(=O)=O)cc2)cc2cc(C(=O)O)[nH]c12. The van der Waals surface area contributed by atoms with Gasteiger partial charge in [-0.1, -0.05) is 59.7 Å². The van der Waals surface area contributed by atoms with Crippen molar-refractivity contribution in [2.75, 3.05) is 12.9 Å². The summed E-state index contributed by atoms with van der Waals surface area (Å²) >= 11 is 0. The van der Waals surface area contributed by atoms with Crippen molar-refractivity contribution in [3.05, 3.63) is 77.5 Å². The van der Waals surface area contributed by atoms with Crippen LogP contribution in [0.3, 0.4) is 0 Å². The number of ether oxygens (including phenoxy) is 2. The Morgan fingerprint density at radius 2 is 1.63 bits per heavy atom. The first kappa shape index (κ1) is 32.3. The summed E-state index contributed by atoms with van der Waals surface area (Å²) in [6.07, 6.45) is 0.812. The minimum absolute atomic E-state index is 0.0163. The Bertz CT molecular complexity index is 1730. The van der Waals surface area contributed by atoms with Crippen molar-refractivity contribution in [1.82, 2.24) is 4.98 Å². The largest absolute Gasteiger partial charge is 0.486 e. The molecule has 0 radical (unpaired) electrons. The summed E-state index contributed by atoms with van der Waals surface area (Å²) in [6.45, 7) is 15.7. The van der Waals surface area contributed by atoms with Crippen LogP contribution in [-0.4, -0.2) is 53.2 Å². The number of carboxylic acid groups (broad SMARTS) is 1. The van der Waals surface area contributed by atoms with Gasteiger partial charge in [0.2, 0.25) is 0 Å². The summed E-state index contributed by atoms with van der Waals surface area (Å²) in [5.74, 6) is 0.189. The Balaban J connectivity index is 1.55. The Morgan fingerprint density at radius 3 is 2.21 bits per heavy atom. The van der Waals surface area contributed by atoms with Crippen molar-refractivity contribution < 1.29 is 32.2 Å². The van der Waals surface area contributed by atoms with E-state index >= 15 is 0 Å². The highest BCUT2D eigenvalue weighted by molar-refractivity contribution is 7.90. The van der Waals surface area contributed by atoms with Gasteiger partial charge in [-0.25, -0.2) is 13.2 Å². The van der Waals surface area contributed by atoms with Crippen molar-refractivity contribution in [2.45, 2.75) is 70.3 Å². The molecule has 2 N–H and O–H groups in total. The van der Waals surface area contributed by atoms with Crippen molar-refractivity contribution >= 4 is 41.7 Å². The lowest BCUT2D eigenvalue weighted by molar-refractivity contribution is 0.0691. The molecule has 0 saturated heterocycles. The maximum Gasteiger partial charge on any atom is 0.352 e. The van der Waals surface area contributed by atoms with E-state index in [4.69, 9.17) is 13.9 Å². The average Bonchev–Trinajstić information content (AvgIpc) is 3.32. The molecule has 43 heavy (non-hydrogen) atoms. The highest BCUT2D eigenvalue weighted by atomic mass is 32.2. The monoisotopic (exact) mass is 623 g/mol. The molecule has 4 aromatic rings. The van der Waals surface area contributed by atoms with Gasteiger partial charge >= 0.3 is 5.97 Å². The number of H-pyrrole nitrogens is 1. The number of sulfone groups is 1. The fourth-order valence-electron chi connectivity index (χ4n) is 5.16. The number of carbonyl (C=O) groups is 1. The lowest BCUT2D eigenvalue weighted by Gasteiger charge is -2.32. The zero-order chi connectivity index (χ0) is 31.7. The number of hydrogen-bond acceptors (Lipinski definition) is 6. The molecule has 0 aliphatic heterocycles. The van der Waals surface area contributed by atoms with Gasteiger partial charge in [0, 0.05) is 17.7 Å². The van der Waals surface area contributed by atoms with Gasteiger partial charge in [0.1, 0.15) is 29.0 Å². The maximum atomic E-state index is 11.8. The molecule has 0 aliphatic rings. The van der Waals surface area contributed by atoms with Gasteiger partial charge in [-0.05, 0) is 70.5 Å². The summed E-state index contributed by atoms with van der Waals surface area (Å²) in [6, 6.07) is 17.5. The molecule has 1 heterocycles. The molecule has 1 unspecified atom stereocenters. The van der Waals surface area contributed by atoms with E-state index < -0.39 is 25.6 Å². The van der Waals surface area contributed by atoms with Crippen molar-refractivity contribution in [2.24, 2.45) is 0 Å². The van der Waals surface area contributed by atoms with Gasteiger partial charge < -0.3 is 24.0 Å². The predicted molar refractivity (Wildman–Crippen MR) is 173 cm³/mol. The third kappa shape index (κ3) is 7.87. The van der Waals surface area contributed by atoms with Gasteiger partial charge in [-0.3, -0.25) is 0 Å². The van der Waals surface area contributed by atoms with Crippen LogP contribution in [0.4, 0.5) is 0 Å². The first-order valence-corrected chi connectivity index (χ1v) is 17.4. The zero-order valence-corrected chi connectivity index (χ0v) is 28.3. The quantitative estimate of drug-likeness (QED) is 0.213. The van der Waals surface area contributed by atoms with Gasteiger partial charge in [0.15, 0.2) is 19.6 Å². The van der Waals surface area contributed by atoms with Crippen LogP contribution in [0, 0.1) is 0 Å². The summed E-state index contributed by atoms with van der Waals surface area (Å²) < 4.78 is 42.2. The second-order valence-electron chi connectivity index (χ2n) is 13.0. The minimum atomic E-state index is -3.34. The van der Waals surface area contributed by atoms with E-state index in [9.17, 15) is 18.3 Å². The van der Waals surface area contributed by atoms with E-state index in [-0.39, 0.29) is 27.5 Å². The Morgan fingerprint density at radius 1 is 0.953 bits per heavy atom. The molecule has 230 valence electrons. The summed E-state index contributed by atoms with van der Waals surface area (Å²) in [5, 5.41) is 11.4. The number of nitrogens with one attached hydrogen (secondary N) is 1. The molecule has 0 fully saturated rings. The Kier molecular flexibility index (Phi) is 9.15. The second kappa shape index (κ2) is 12.2. The van der Waals surface area contributed by atoms with Crippen LogP contribution < -0.4 is 14.7 Å². The summed E-state index contributed by atoms with van der Waals surface area (Å²) in [5.41, 5.74) is 3.25. The molecule has 4 rings (SSSR count). The number of aromatic carboxylic acids is 1. The van der Waals surface area contributed by atoms with E-state index in [2.05, 4.69) is 64.7 Å². The lowest BCUT2D eigenvalue weighted by atomic mass is 9.75. The van der Waals surface area contributed by atoms with Gasteiger partial charge in [0.05, 0.1) is 17.0 Å². The Labute approximate surface area is 256 Å². The first-order chi connectivity index (χ1) is 19.9. The molecule has 8 nitrogen and oxygen atoms in total. The molecule has 1 aromatic heterocycles. The van der Waals surface area contributed by atoms with E-state index in [1.807, 2.05) is 6.92 Å². The van der Waals surface area contributed by atoms with Crippen LogP contribution in [0.15, 0.2) is 65.6 Å². The van der Waals surface area contributed by atoms with Gasteiger partial charge in [-0.15, -0.1) is 0 Å². The normalized spacial score (nSPS) is 13.5. The molecule has 0 aliphatic carbocycles. The second-order valence-corrected chi connectivity index (χ2v) is 16.5. The first-order valence-electron chi connectivity index (χ1n) is 14.2. The number of benzene rings is 3. The third-order valence-electron chi connectivity index (χ3n) is 7.03. The lowest BCUT2D eigenvalue weighted by Crippen LogP contribution is -2.35. The molecular formula is C33H41NO7SSi. The molecular weight excluding hydrogens is 583 g/mol. The smallest absolute Gasteiger partial charge is 0.352 e. The standard InChI is InChI=1S/C33H41NO7SSi/c1-20(19-39-43-28-11-9-10-25(32(2,3)4)29(28)33(5,6)7)40-27-18-23(16-21-17-26(31(35)36)34-30(21)27)41-22-12-14-24(15-13-22)42(8,37)38/h9-18,20,34H,19,43H2,1-8H3,(H,35,36). The van der Waals surface area contributed by atoms with Crippen molar-refractivity contribution in [3.63, 3.8) is 0 Å². The number of aromatic nitrogens is 1. The Hall–Kier alpha value is -3.60. The maximum absolute atomic E-state index is 11.8. The summed E-state index contributed by atoms with van der Waals surface area (Å²) in [7, 11) is -4.41. The van der Waals surface area contributed by atoms with Crippen LogP contribution in [-0.2, 0) is 25.1 Å². The minimum Gasteiger partial charge on any atom is -0.486 e. The van der Waals surface area contributed by atoms with Crippen LogP contribution >= 0.6 is 0 Å². The van der Waals surface area contributed by atoms with Gasteiger partial charge in [0.25, 0.3) is 0 Å². The van der Waals surface area contributed by atoms with E-state index in [1.165, 1.54) is 34.5 Å². The number of aromatic amines is 1. The fraction of sp³-hybridized carbons (Fsp3) is 0.364. The highest BCUT2D eigenvalue weighted by Crippen LogP contribution is 2.35. The van der Waals surface area contributed by atoms with Crippen LogP contribution in [0.2, 0.25) is 0 Å². The van der Waals surface area contributed by atoms with Crippen molar-refractivity contribution in [1.29, 1.82) is 0 Å². The number of carboxylic acids is 1. The zero-order valence-electron chi connectivity index (χ0n) is 26.1. The van der Waals surface area contributed by atoms with Crippen LogP contribution in [0.25, 0.3) is 10.9 Å². The van der Waals surface area contributed by atoms with Crippen molar-refractivity contribution in [3.8, 4) is 17.2 Å². The third-order valence-corrected chi connectivity index (χ3v) is 9.50. The molecule has 1 atom stereocenters. The van der Waals surface area contributed by atoms with E-state index in [0.717, 1.165) is 6.26 Å². The van der Waals surface area contributed by atoms with Crippen LogP contribution in [0.5, 0.6) is 17.2 Å². The molecule has 3 aromatic carbocycles. The number of fused-ring (bicyclic) bond motifs is 1. The van der Waals surface area contributed by atoms with E-state index in [1.54, 1.807) is 24.3 Å². The highest BCUT2D eigenvalue weighted by Gasteiger charge is 2.27.